The Kier molecular flexibility index (Phi) is 3.36. The molecule has 0 bridgehead atoms. The van der Waals surface area contributed by atoms with Crippen LogP contribution in [0.4, 0.5) is 0 Å². The Hall–Kier alpha value is -0.780. The fourth-order valence-electron chi connectivity index (χ4n) is 1.92. The average molecular weight is 192 g/mol. The molecule has 0 aromatic carbocycles. The second-order valence-corrected chi connectivity index (χ2v) is 4.74. The van der Waals surface area contributed by atoms with Gasteiger partial charge in [0.2, 0.25) is 0 Å². The highest BCUT2D eigenvalue weighted by molar-refractivity contribution is 5.36. The SMILES string of the molecule is CC1=CCCC(C)(C)C1=C=CC(C)O. The van der Waals surface area contributed by atoms with Crippen molar-refractivity contribution >= 4 is 0 Å². The van der Waals surface area contributed by atoms with Gasteiger partial charge in [0.25, 0.3) is 0 Å². The van der Waals surface area contributed by atoms with Crippen molar-refractivity contribution in [3.8, 4) is 0 Å². The van der Waals surface area contributed by atoms with Gasteiger partial charge in [-0.25, -0.2) is 0 Å². The molecule has 1 rings (SSSR count). The third kappa shape index (κ3) is 2.60. The van der Waals surface area contributed by atoms with E-state index in [4.69, 9.17) is 0 Å². The van der Waals surface area contributed by atoms with Gasteiger partial charge in [-0.3, -0.25) is 0 Å². The maximum Gasteiger partial charge on any atom is 0.0766 e. The smallest absolute Gasteiger partial charge is 0.0766 e. The molecule has 0 amide bonds. The van der Waals surface area contributed by atoms with Crippen molar-refractivity contribution in [1.82, 2.24) is 0 Å². The zero-order valence-corrected chi connectivity index (χ0v) is 9.59. The predicted octanol–water partition coefficient (Wildman–Crippen LogP) is 3.22. The highest BCUT2D eigenvalue weighted by Gasteiger charge is 2.26. The summed E-state index contributed by atoms with van der Waals surface area (Å²) in [6.07, 6.45) is 5.90. The highest BCUT2D eigenvalue weighted by atomic mass is 16.3. The molecular weight excluding hydrogens is 172 g/mol. The zero-order chi connectivity index (χ0) is 10.8. The van der Waals surface area contributed by atoms with E-state index in [2.05, 4.69) is 32.6 Å². The molecule has 0 spiro atoms. The molecule has 0 aromatic rings. The molecule has 0 radical (unpaired) electrons. The van der Waals surface area contributed by atoms with E-state index < -0.39 is 6.10 Å². The van der Waals surface area contributed by atoms with Crippen molar-refractivity contribution in [3.05, 3.63) is 29.0 Å². The van der Waals surface area contributed by atoms with E-state index >= 15 is 0 Å². The second-order valence-electron chi connectivity index (χ2n) is 4.74. The maximum atomic E-state index is 9.19. The number of allylic oxidation sites excluding steroid dienone is 2. The second kappa shape index (κ2) is 4.16. The third-order valence-electron chi connectivity index (χ3n) is 2.76. The summed E-state index contributed by atoms with van der Waals surface area (Å²) >= 11 is 0. The highest BCUT2D eigenvalue weighted by Crippen LogP contribution is 2.39. The van der Waals surface area contributed by atoms with Crippen LogP contribution in [0.2, 0.25) is 0 Å². The van der Waals surface area contributed by atoms with Crippen molar-refractivity contribution in [2.45, 2.75) is 46.6 Å². The van der Waals surface area contributed by atoms with Gasteiger partial charge in [0, 0.05) is 5.57 Å². The first-order valence-corrected chi connectivity index (χ1v) is 5.26. The van der Waals surface area contributed by atoms with Crippen LogP contribution in [0.5, 0.6) is 0 Å². The normalized spacial score (nSPS) is 22.4. The zero-order valence-electron chi connectivity index (χ0n) is 9.59. The first-order valence-electron chi connectivity index (χ1n) is 5.26. The van der Waals surface area contributed by atoms with E-state index in [1.165, 1.54) is 17.6 Å². The van der Waals surface area contributed by atoms with Crippen molar-refractivity contribution in [2.24, 2.45) is 5.41 Å². The van der Waals surface area contributed by atoms with E-state index in [9.17, 15) is 5.11 Å². The summed E-state index contributed by atoms with van der Waals surface area (Å²) < 4.78 is 0. The van der Waals surface area contributed by atoms with Gasteiger partial charge in [0.15, 0.2) is 0 Å². The minimum absolute atomic E-state index is 0.199. The van der Waals surface area contributed by atoms with Gasteiger partial charge in [-0.15, -0.1) is 5.73 Å². The minimum Gasteiger partial charge on any atom is -0.389 e. The Labute approximate surface area is 86.8 Å². The molecule has 78 valence electrons. The largest absolute Gasteiger partial charge is 0.389 e. The lowest BCUT2D eigenvalue weighted by atomic mass is 9.73. The van der Waals surface area contributed by atoms with Crippen LogP contribution < -0.4 is 0 Å². The summed E-state index contributed by atoms with van der Waals surface area (Å²) in [6.45, 7) is 8.35. The predicted molar refractivity (Wildman–Crippen MR) is 60.0 cm³/mol. The van der Waals surface area contributed by atoms with Crippen LogP contribution in [0.3, 0.4) is 0 Å². The monoisotopic (exact) mass is 192 g/mol. The van der Waals surface area contributed by atoms with Crippen LogP contribution in [-0.4, -0.2) is 11.2 Å². The van der Waals surface area contributed by atoms with Crippen LogP contribution in [-0.2, 0) is 0 Å². The van der Waals surface area contributed by atoms with Crippen molar-refractivity contribution < 1.29 is 5.11 Å². The molecule has 14 heavy (non-hydrogen) atoms. The number of hydrogen-bond acceptors (Lipinski definition) is 1. The lowest BCUT2D eigenvalue weighted by molar-refractivity contribution is 0.244. The van der Waals surface area contributed by atoms with Crippen LogP contribution in [0.25, 0.3) is 0 Å². The summed E-state index contributed by atoms with van der Waals surface area (Å²) in [6, 6.07) is 0. The number of aliphatic hydroxyl groups excluding tert-OH is 1. The molecule has 0 saturated heterocycles. The molecule has 1 atom stereocenters. The summed E-state index contributed by atoms with van der Waals surface area (Å²) in [7, 11) is 0. The molecule has 0 heterocycles. The maximum absolute atomic E-state index is 9.19. The molecular formula is C13H20O. The summed E-state index contributed by atoms with van der Waals surface area (Å²) in [5.41, 5.74) is 5.98. The Morgan fingerprint density at radius 2 is 2.21 bits per heavy atom. The minimum atomic E-state index is -0.409. The summed E-state index contributed by atoms with van der Waals surface area (Å²) in [4.78, 5) is 0. The molecule has 0 fully saturated rings. The average Bonchev–Trinajstić information content (AvgIpc) is 2.01. The fourth-order valence-corrected chi connectivity index (χ4v) is 1.92. The Balaban J connectivity index is 3.09. The van der Waals surface area contributed by atoms with Gasteiger partial charge in [0.05, 0.1) is 6.10 Å². The molecule has 0 aromatic heterocycles. The van der Waals surface area contributed by atoms with E-state index in [1.54, 1.807) is 13.0 Å². The summed E-state index contributed by atoms with van der Waals surface area (Å²) in [5, 5.41) is 9.19. The van der Waals surface area contributed by atoms with E-state index in [0.717, 1.165) is 6.42 Å². The van der Waals surface area contributed by atoms with Gasteiger partial charge < -0.3 is 5.11 Å². The van der Waals surface area contributed by atoms with Crippen molar-refractivity contribution in [2.75, 3.05) is 0 Å². The van der Waals surface area contributed by atoms with Gasteiger partial charge in [-0.05, 0) is 43.8 Å². The van der Waals surface area contributed by atoms with E-state index in [-0.39, 0.29) is 5.41 Å². The Morgan fingerprint density at radius 3 is 2.71 bits per heavy atom. The topological polar surface area (TPSA) is 20.2 Å². The van der Waals surface area contributed by atoms with Crippen molar-refractivity contribution in [1.29, 1.82) is 0 Å². The quantitative estimate of drug-likeness (QED) is 0.632. The molecule has 0 aliphatic heterocycles. The van der Waals surface area contributed by atoms with Crippen LogP contribution >= 0.6 is 0 Å². The van der Waals surface area contributed by atoms with Gasteiger partial charge >= 0.3 is 0 Å². The first kappa shape index (κ1) is 11.3. The molecule has 0 saturated carbocycles. The number of hydrogen-bond donors (Lipinski definition) is 1. The fraction of sp³-hybridized carbons (Fsp3) is 0.615. The lowest BCUT2D eigenvalue weighted by Crippen LogP contribution is -2.18. The molecule has 1 unspecified atom stereocenters. The van der Waals surface area contributed by atoms with Crippen LogP contribution in [0.15, 0.2) is 29.0 Å². The van der Waals surface area contributed by atoms with Gasteiger partial charge in [-0.2, -0.15) is 0 Å². The lowest BCUT2D eigenvalue weighted by Gasteiger charge is -2.30. The molecule has 1 aliphatic carbocycles. The van der Waals surface area contributed by atoms with E-state index in [1.807, 2.05) is 0 Å². The van der Waals surface area contributed by atoms with Gasteiger partial charge in [-0.1, -0.05) is 19.9 Å². The number of aliphatic hydroxyl groups is 1. The van der Waals surface area contributed by atoms with E-state index in [0.29, 0.717) is 0 Å². The Bertz CT molecular complexity index is 299. The molecule has 1 aliphatic rings. The Morgan fingerprint density at radius 1 is 1.57 bits per heavy atom. The first-order chi connectivity index (χ1) is 6.43. The summed E-state index contributed by atoms with van der Waals surface area (Å²) in [5.74, 6) is 0. The molecule has 1 N–H and O–H groups in total. The molecule has 1 heteroatoms. The third-order valence-corrected chi connectivity index (χ3v) is 2.76. The standard InChI is InChI=1S/C13H20O/c1-10-6-5-9-13(3,4)12(10)8-7-11(2)14/h6-7,11,14H,5,9H2,1-4H3. The van der Waals surface area contributed by atoms with Crippen molar-refractivity contribution in [3.63, 3.8) is 0 Å². The van der Waals surface area contributed by atoms with Gasteiger partial charge in [0.1, 0.15) is 0 Å². The molecule has 1 nitrogen and oxygen atoms in total. The number of rotatable bonds is 1. The van der Waals surface area contributed by atoms with Crippen LogP contribution in [0.1, 0.15) is 40.5 Å². The van der Waals surface area contributed by atoms with Crippen LogP contribution in [0, 0.1) is 5.41 Å².